The lowest BCUT2D eigenvalue weighted by atomic mass is 10.1. The van der Waals surface area contributed by atoms with Crippen LogP contribution in [0.15, 0.2) is 41.8 Å². The second-order valence-electron chi connectivity index (χ2n) is 4.62. The minimum Gasteiger partial charge on any atom is -0.478 e. The molecule has 0 aliphatic rings. The molecular weight excluding hydrogens is 268 g/mol. The van der Waals surface area contributed by atoms with Gasteiger partial charge in [0.2, 0.25) is 0 Å². The topological polar surface area (TPSA) is 45.0 Å². The van der Waals surface area contributed by atoms with Gasteiger partial charge in [0.05, 0.1) is 0 Å². The molecular formula is C16H18N2OS. The fourth-order valence-electron chi connectivity index (χ4n) is 1.99. The number of benzene rings is 1. The van der Waals surface area contributed by atoms with Gasteiger partial charge in [-0.25, -0.2) is 0 Å². The number of para-hydroxylation sites is 1. The number of nitrogens with one attached hydrogen (secondary N) is 1. The predicted molar refractivity (Wildman–Crippen MR) is 81.9 cm³/mol. The molecule has 1 N–H and O–H groups in total. The van der Waals surface area contributed by atoms with Gasteiger partial charge in [0.25, 0.3) is 0 Å². The summed E-state index contributed by atoms with van der Waals surface area (Å²) in [5.74, 6) is 0.782. The summed E-state index contributed by atoms with van der Waals surface area (Å²) in [5.41, 5.74) is 1.08. The maximum atomic E-state index is 8.59. The van der Waals surface area contributed by atoms with Crippen LogP contribution in [-0.4, -0.2) is 12.6 Å². The number of hydrogen-bond acceptors (Lipinski definition) is 4. The van der Waals surface area contributed by atoms with E-state index < -0.39 is 0 Å². The van der Waals surface area contributed by atoms with E-state index in [1.807, 2.05) is 30.3 Å². The molecule has 0 saturated carbocycles. The Bertz CT molecular complexity index is 560. The predicted octanol–water partition coefficient (Wildman–Crippen LogP) is 3.37. The molecule has 2 aromatic rings. The molecule has 0 bridgehead atoms. The fraction of sp³-hybridized carbons (Fsp3) is 0.312. The summed E-state index contributed by atoms with van der Waals surface area (Å²) < 4.78 is 5.43. The molecule has 1 atom stereocenters. The highest BCUT2D eigenvalue weighted by atomic mass is 32.1. The van der Waals surface area contributed by atoms with E-state index in [0.717, 1.165) is 24.3 Å². The SMILES string of the molecule is CC(Cc1cccs1)NCc1ccccc1OCC#N. The Kier molecular flexibility index (Phi) is 5.60. The van der Waals surface area contributed by atoms with Crippen LogP contribution in [0.25, 0.3) is 0 Å². The number of thiophene rings is 1. The van der Waals surface area contributed by atoms with Crippen LogP contribution in [0.3, 0.4) is 0 Å². The van der Waals surface area contributed by atoms with Gasteiger partial charge in [-0.3, -0.25) is 0 Å². The number of rotatable bonds is 7. The average Bonchev–Trinajstić information content (AvgIpc) is 2.96. The van der Waals surface area contributed by atoms with Crippen molar-refractivity contribution in [1.82, 2.24) is 5.32 Å². The summed E-state index contributed by atoms with van der Waals surface area (Å²) in [6, 6.07) is 14.5. The number of nitrogens with zero attached hydrogens (tertiary/aromatic N) is 1. The van der Waals surface area contributed by atoms with E-state index in [1.54, 1.807) is 11.3 Å². The van der Waals surface area contributed by atoms with E-state index in [4.69, 9.17) is 10.00 Å². The Labute approximate surface area is 123 Å². The molecule has 104 valence electrons. The van der Waals surface area contributed by atoms with E-state index in [9.17, 15) is 0 Å². The van der Waals surface area contributed by atoms with Crippen LogP contribution in [0.2, 0.25) is 0 Å². The highest BCUT2D eigenvalue weighted by Crippen LogP contribution is 2.18. The molecule has 3 nitrogen and oxygen atoms in total. The summed E-state index contributed by atoms with van der Waals surface area (Å²) >= 11 is 1.79. The van der Waals surface area contributed by atoms with E-state index in [0.29, 0.717) is 6.04 Å². The zero-order valence-corrected chi connectivity index (χ0v) is 12.3. The molecule has 0 spiro atoms. The molecule has 0 aliphatic heterocycles. The molecule has 0 radical (unpaired) electrons. The molecule has 2 rings (SSSR count). The zero-order valence-electron chi connectivity index (χ0n) is 11.5. The first-order valence-corrected chi connectivity index (χ1v) is 7.51. The molecule has 4 heteroatoms. The molecule has 1 unspecified atom stereocenters. The zero-order chi connectivity index (χ0) is 14.2. The molecule has 0 saturated heterocycles. The minimum absolute atomic E-state index is 0.0851. The van der Waals surface area contributed by atoms with Gasteiger partial charge in [0.1, 0.15) is 11.8 Å². The van der Waals surface area contributed by atoms with Crippen molar-refractivity contribution in [2.45, 2.75) is 25.9 Å². The summed E-state index contributed by atoms with van der Waals surface area (Å²) in [6.07, 6.45) is 1.03. The van der Waals surface area contributed by atoms with Crippen molar-refractivity contribution in [3.8, 4) is 11.8 Å². The molecule has 1 aromatic heterocycles. The van der Waals surface area contributed by atoms with Gasteiger partial charge in [-0.15, -0.1) is 11.3 Å². The first-order chi connectivity index (χ1) is 9.79. The van der Waals surface area contributed by atoms with Crippen LogP contribution in [0, 0.1) is 11.3 Å². The normalized spacial score (nSPS) is 11.8. The van der Waals surface area contributed by atoms with E-state index in [-0.39, 0.29) is 6.61 Å². The van der Waals surface area contributed by atoms with Crippen molar-refractivity contribution in [2.24, 2.45) is 0 Å². The fourth-order valence-corrected chi connectivity index (χ4v) is 2.82. The Morgan fingerprint density at radius 3 is 2.90 bits per heavy atom. The Balaban J connectivity index is 1.88. The van der Waals surface area contributed by atoms with Crippen molar-refractivity contribution < 1.29 is 4.74 Å². The largest absolute Gasteiger partial charge is 0.478 e. The average molecular weight is 286 g/mol. The smallest absolute Gasteiger partial charge is 0.174 e. The second kappa shape index (κ2) is 7.68. The molecule has 1 aromatic carbocycles. The van der Waals surface area contributed by atoms with E-state index in [1.165, 1.54) is 4.88 Å². The Hall–Kier alpha value is -1.83. The third-order valence-electron chi connectivity index (χ3n) is 2.99. The van der Waals surface area contributed by atoms with Gasteiger partial charge in [0.15, 0.2) is 6.61 Å². The molecule has 0 amide bonds. The number of nitriles is 1. The lowest BCUT2D eigenvalue weighted by Gasteiger charge is -2.15. The first kappa shape index (κ1) is 14.6. The maximum Gasteiger partial charge on any atom is 0.174 e. The van der Waals surface area contributed by atoms with E-state index in [2.05, 4.69) is 29.8 Å². The van der Waals surface area contributed by atoms with Crippen LogP contribution in [0.4, 0.5) is 0 Å². The van der Waals surface area contributed by atoms with Crippen molar-refractivity contribution in [3.05, 3.63) is 52.2 Å². The lowest BCUT2D eigenvalue weighted by molar-refractivity contribution is 0.361. The van der Waals surface area contributed by atoms with Gasteiger partial charge < -0.3 is 10.1 Å². The number of hydrogen-bond donors (Lipinski definition) is 1. The Morgan fingerprint density at radius 1 is 1.30 bits per heavy atom. The van der Waals surface area contributed by atoms with Crippen LogP contribution in [-0.2, 0) is 13.0 Å². The van der Waals surface area contributed by atoms with Gasteiger partial charge in [0, 0.05) is 23.0 Å². The van der Waals surface area contributed by atoms with Gasteiger partial charge in [-0.05, 0) is 30.9 Å². The summed E-state index contributed by atoms with van der Waals surface area (Å²) in [6.45, 7) is 3.01. The highest BCUT2D eigenvalue weighted by Gasteiger charge is 2.07. The van der Waals surface area contributed by atoms with Gasteiger partial charge >= 0.3 is 0 Å². The summed E-state index contributed by atoms with van der Waals surface area (Å²) in [4.78, 5) is 1.39. The third kappa shape index (κ3) is 4.37. The molecule has 1 heterocycles. The van der Waals surface area contributed by atoms with Crippen LogP contribution >= 0.6 is 11.3 Å². The van der Waals surface area contributed by atoms with Crippen molar-refractivity contribution in [3.63, 3.8) is 0 Å². The van der Waals surface area contributed by atoms with E-state index >= 15 is 0 Å². The van der Waals surface area contributed by atoms with Crippen molar-refractivity contribution in [1.29, 1.82) is 5.26 Å². The highest BCUT2D eigenvalue weighted by molar-refractivity contribution is 7.09. The molecule has 0 fully saturated rings. The maximum absolute atomic E-state index is 8.59. The second-order valence-corrected chi connectivity index (χ2v) is 5.65. The Morgan fingerprint density at radius 2 is 2.15 bits per heavy atom. The first-order valence-electron chi connectivity index (χ1n) is 6.63. The number of ether oxygens (including phenoxy) is 1. The standard InChI is InChI=1S/C16H18N2OS/c1-13(11-15-6-4-10-20-15)18-12-14-5-2-3-7-16(14)19-9-8-17/h2-7,10,13,18H,9,11-12H2,1H3. The monoisotopic (exact) mass is 286 g/mol. The third-order valence-corrected chi connectivity index (χ3v) is 3.89. The minimum atomic E-state index is 0.0851. The van der Waals surface area contributed by atoms with Gasteiger partial charge in [-0.1, -0.05) is 24.3 Å². The van der Waals surface area contributed by atoms with Crippen LogP contribution in [0.1, 0.15) is 17.4 Å². The van der Waals surface area contributed by atoms with Crippen LogP contribution < -0.4 is 10.1 Å². The lowest BCUT2D eigenvalue weighted by Crippen LogP contribution is -2.27. The summed E-state index contributed by atoms with van der Waals surface area (Å²) in [5, 5.41) is 14.2. The van der Waals surface area contributed by atoms with Gasteiger partial charge in [-0.2, -0.15) is 5.26 Å². The molecule has 0 aliphatic carbocycles. The quantitative estimate of drug-likeness (QED) is 0.848. The van der Waals surface area contributed by atoms with Crippen molar-refractivity contribution >= 4 is 11.3 Å². The van der Waals surface area contributed by atoms with Crippen LogP contribution in [0.5, 0.6) is 5.75 Å². The summed E-state index contributed by atoms with van der Waals surface area (Å²) in [7, 11) is 0. The van der Waals surface area contributed by atoms with Crippen molar-refractivity contribution in [2.75, 3.05) is 6.61 Å². The molecule has 20 heavy (non-hydrogen) atoms.